The summed E-state index contributed by atoms with van der Waals surface area (Å²) < 4.78 is 11.2. The summed E-state index contributed by atoms with van der Waals surface area (Å²) in [5.74, 6) is -2.44. The molecule has 0 atom stereocenters. The van der Waals surface area contributed by atoms with Crippen LogP contribution in [-0.2, 0) is 0 Å². The summed E-state index contributed by atoms with van der Waals surface area (Å²) in [7, 11) is 0. The molecule has 6 heteroatoms. The number of carboxylic acids is 2. The first kappa shape index (κ1) is 19.8. The van der Waals surface area contributed by atoms with E-state index in [1.807, 2.05) is 13.8 Å². The number of hydrogen-bond acceptors (Lipinski definition) is 5. The Morgan fingerprint density at radius 3 is 1.71 bits per heavy atom. The van der Waals surface area contributed by atoms with Gasteiger partial charge in [-0.2, -0.15) is 0 Å². The largest absolute Gasteiger partial charge is 0.545 e. The maximum absolute atomic E-state index is 11.7. The first-order valence-electron chi connectivity index (χ1n) is 8.24. The van der Waals surface area contributed by atoms with E-state index in [1.165, 1.54) is 13.8 Å². The Bertz CT molecular complexity index is 553. The molecular formula is C18H25O6-. The first-order chi connectivity index (χ1) is 11.4. The van der Waals surface area contributed by atoms with E-state index < -0.39 is 11.9 Å². The van der Waals surface area contributed by atoms with Crippen LogP contribution in [0.2, 0.25) is 0 Å². The van der Waals surface area contributed by atoms with Crippen molar-refractivity contribution < 1.29 is 29.3 Å². The number of carbonyl (C=O) groups is 2. The molecule has 0 aliphatic heterocycles. The lowest BCUT2D eigenvalue weighted by molar-refractivity contribution is -0.255. The van der Waals surface area contributed by atoms with E-state index in [4.69, 9.17) is 9.47 Å². The monoisotopic (exact) mass is 337 g/mol. The van der Waals surface area contributed by atoms with Crippen molar-refractivity contribution in [2.45, 2.75) is 53.4 Å². The molecule has 0 heterocycles. The summed E-state index contributed by atoms with van der Waals surface area (Å²) in [6.07, 6.45) is 3.24. The first-order valence-corrected chi connectivity index (χ1v) is 8.24. The number of ether oxygens (including phenoxy) is 2. The van der Waals surface area contributed by atoms with Crippen molar-refractivity contribution in [2.75, 3.05) is 13.2 Å². The van der Waals surface area contributed by atoms with Crippen molar-refractivity contribution >= 4 is 11.9 Å². The molecule has 0 aliphatic rings. The number of aromatic carboxylic acids is 2. The van der Waals surface area contributed by atoms with E-state index in [0.717, 1.165) is 25.7 Å². The standard InChI is InChI=1S/C18H26O6/c1-5-7-9-23-15-11(3)14(18(21)22)16(24-10-8-6-2)12(4)13(15)17(19)20/h5-10H2,1-4H3,(H,19,20)(H,21,22)/p-1. The predicted octanol–water partition coefficient (Wildman–Crippen LogP) is 2.72. The van der Waals surface area contributed by atoms with Gasteiger partial charge in [-0.25, -0.2) is 4.79 Å². The molecule has 0 radical (unpaired) electrons. The summed E-state index contributed by atoms with van der Waals surface area (Å²) in [5.41, 5.74) is 0.274. The molecule has 0 aliphatic carbocycles. The van der Waals surface area contributed by atoms with Crippen molar-refractivity contribution in [1.29, 1.82) is 0 Å². The average Bonchev–Trinajstić information content (AvgIpc) is 2.51. The molecular weight excluding hydrogens is 312 g/mol. The van der Waals surface area contributed by atoms with Crippen LogP contribution in [0.3, 0.4) is 0 Å². The van der Waals surface area contributed by atoms with Crippen LogP contribution in [0.5, 0.6) is 11.5 Å². The molecule has 0 saturated heterocycles. The van der Waals surface area contributed by atoms with E-state index in [-0.39, 0.29) is 33.8 Å². The van der Waals surface area contributed by atoms with E-state index >= 15 is 0 Å². The van der Waals surface area contributed by atoms with Gasteiger partial charge in [-0.05, 0) is 26.7 Å². The summed E-state index contributed by atoms with van der Waals surface area (Å²) in [4.78, 5) is 23.3. The third kappa shape index (κ3) is 4.40. The zero-order chi connectivity index (χ0) is 18.3. The number of unbranched alkanes of at least 4 members (excludes halogenated alkanes) is 2. The van der Waals surface area contributed by atoms with Gasteiger partial charge in [-0.1, -0.05) is 26.7 Å². The molecule has 134 valence electrons. The van der Waals surface area contributed by atoms with Crippen molar-refractivity contribution in [1.82, 2.24) is 0 Å². The fraction of sp³-hybridized carbons (Fsp3) is 0.556. The second-order valence-electron chi connectivity index (χ2n) is 5.65. The van der Waals surface area contributed by atoms with Gasteiger partial charge >= 0.3 is 5.97 Å². The summed E-state index contributed by atoms with van der Waals surface area (Å²) in [6, 6.07) is 0. The van der Waals surface area contributed by atoms with Crippen LogP contribution in [-0.4, -0.2) is 30.3 Å². The van der Waals surface area contributed by atoms with Gasteiger partial charge < -0.3 is 24.5 Å². The quantitative estimate of drug-likeness (QED) is 0.660. The lowest BCUT2D eigenvalue weighted by Gasteiger charge is -2.22. The molecule has 24 heavy (non-hydrogen) atoms. The Labute approximate surface area is 142 Å². The minimum Gasteiger partial charge on any atom is -0.545 e. The van der Waals surface area contributed by atoms with Crippen LogP contribution in [0.1, 0.15) is 71.4 Å². The predicted molar refractivity (Wildman–Crippen MR) is 88.0 cm³/mol. The van der Waals surface area contributed by atoms with Crippen LogP contribution < -0.4 is 14.6 Å². The minimum atomic E-state index is -1.40. The maximum atomic E-state index is 11.7. The second kappa shape index (κ2) is 9.15. The van der Waals surface area contributed by atoms with Crippen LogP contribution in [0.4, 0.5) is 0 Å². The number of carbonyl (C=O) groups excluding carboxylic acids is 1. The van der Waals surface area contributed by atoms with E-state index in [0.29, 0.717) is 13.2 Å². The van der Waals surface area contributed by atoms with Gasteiger partial charge in [0.1, 0.15) is 17.1 Å². The Morgan fingerprint density at radius 1 is 0.917 bits per heavy atom. The number of benzene rings is 1. The van der Waals surface area contributed by atoms with Gasteiger partial charge in [-0.15, -0.1) is 0 Å². The highest BCUT2D eigenvalue weighted by Crippen LogP contribution is 2.38. The zero-order valence-electron chi connectivity index (χ0n) is 14.7. The fourth-order valence-electron chi connectivity index (χ4n) is 2.44. The van der Waals surface area contributed by atoms with Gasteiger partial charge in [0.25, 0.3) is 0 Å². The normalized spacial score (nSPS) is 10.5. The van der Waals surface area contributed by atoms with Gasteiger partial charge in [0.05, 0.1) is 19.2 Å². The van der Waals surface area contributed by atoms with Crippen LogP contribution in [0.25, 0.3) is 0 Å². The molecule has 6 nitrogen and oxygen atoms in total. The molecule has 0 unspecified atom stereocenters. The Hall–Kier alpha value is -2.24. The fourth-order valence-corrected chi connectivity index (χ4v) is 2.44. The molecule has 1 aromatic rings. The highest BCUT2D eigenvalue weighted by atomic mass is 16.5. The molecule has 0 bridgehead atoms. The molecule has 0 aromatic heterocycles. The number of hydrogen-bond donors (Lipinski definition) is 1. The number of carboxylic acid groups (broad SMARTS) is 2. The Morgan fingerprint density at radius 2 is 1.33 bits per heavy atom. The van der Waals surface area contributed by atoms with Crippen molar-refractivity contribution in [3.8, 4) is 11.5 Å². The summed E-state index contributed by atoms with van der Waals surface area (Å²) >= 11 is 0. The molecule has 0 fully saturated rings. The maximum Gasteiger partial charge on any atom is 0.339 e. The lowest BCUT2D eigenvalue weighted by Crippen LogP contribution is -2.26. The molecule has 0 saturated carbocycles. The average molecular weight is 337 g/mol. The topological polar surface area (TPSA) is 95.9 Å². The third-order valence-electron chi connectivity index (χ3n) is 3.79. The van der Waals surface area contributed by atoms with Crippen molar-refractivity contribution in [3.63, 3.8) is 0 Å². The van der Waals surface area contributed by atoms with E-state index in [1.54, 1.807) is 0 Å². The molecule has 0 amide bonds. The van der Waals surface area contributed by atoms with Crippen LogP contribution in [0.15, 0.2) is 0 Å². The third-order valence-corrected chi connectivity index (χ3v) is 3.79. The molecule has 1 rings (SSSR count). The highest BCUT2D eigenvalue weighted by molar-refractivity contribution is 6.00. The van der Waals surface area contributed by atoms with Crippen LogP contribution in [0, 0.1) is 13.8 Å². The van der Waals surface area contributed by atoms with Gasteiger partial charge in [-0.3, -0.25) is 0 Å². The molecule has 1 aromatic carbocycles. The highest BCUT2D eigenvalue weighted by Gasteiger charge is 2.26. The zero-order valence-corrected chi connectivity index (χ0v) is 14.7. The summed E-state index contributed by atoms with van der Waals surface area (Å²) in [5, 5.41) is 21.2. The second-order valence-corrected chi connectivity index (χ2v) is 5.65. The lowest BCUT2D eigenvalue weighted by atomic mass is 9.96. The molecule has 1 N–H and O–H groups in total. The molecule has 0 spiro atoms. The van der Waals surface area contributed by atoms with Gasteiger partial charge in [0, 0.05) is 16.7 Å². The van der Waals surface area contributed by atoms with E-state index in [2.05, 4.69) is 0 Å². The minimum absolute atomic E-state index is 0.0555. The summed E-state index contributed by atoms with van der Waals surface area (Å²) in [6.45, 7) is 7.64. The Balaban J connectivity index is 3.49. The SMILES string of the molecule is CCCCOc1c(C)c(C(=O)O)c(OCCCC)c(C)c1C(=O)[O-]. The van der Waals surface area contributed by atoms with Gasteiger partial charge in [0.15, 0.2) is 0 Å². The smallest absolute Gasteiger partial charge is 0.339 e. The van der Waals surface area contributed by atoms with E-state index in [9.17, 15) is 19.8 Å². The van der Waals surface area contributed by atoms with Crippen molar-refractivity contribution in [2.24, 2.45) is 0 Å². The van der Waals surface area contributed by atoms with Crippen molar-refractivity contribution in [3.05, 3.63) is 22.3 Å². The Kier molecular flexibility index (Phi) is 7.55. The van der Waals surface area contributed by atoms with Gasteiger partial charge in [0.2, 0.25) is 0 Å². The number of rotatable bonds is 10. The van der Waals surface area contributed by atoms with Crippen LogP contribution >= 0.6 is 0 Å².